The summed E-state index contributed by atoms with van der Waals surface area (Å²) >= 11 is 1.77. The van der Waals surface area contributed by atoms with E-state index >= 15 is 0 Å². The highest BCUT2D eigenvalue weighted by Gasteiger charge is 2.32. The lowest BCUT2D eigenvalue weighted by Crippen LogP contribution is -2.48. The van der Waals surface area contributed by atoms with Crippen LogP contribution in [0.25, 0.3) is 10.9 Å². The largest absolute Gasteiger partial charge is 0.489 e. The number of H-pyrrole nitrogens is 1. The fraction of sp³-hybridized carbons (Fsp3) is 0.269. The number of aliphatic carboxylic acids is 1. The number of rotatable bonds is 8. The molecule has 3 heterocycles. The Morgan fingerprint density at radius 1 is 1.06 bits per heavy atom. The minimum absolute atomic E-state index is 0.473. The van der Waals surface area contributed by atoms with E-state index < -0.39 is 12.0 Å². The van der Waals surface area contributed by atoms with Crippen molar-refractivity contribution in [2.45, 2.75) is 19.2 Å². The van der Waals surface area contributed by atoms with Crippen LogP contribution in [-0.2, 0) is 17.9 Å². The number of fused-ring (bicyclic) bond motifs is 1. The quantitative estimate of drug-likeness (QED) is 0.396. The molecule has 7 heteroatoms. The number of nitrogens with zero attached hydrogens (tertiary/aromatic N) is 2. The third kappa shape index (κ3) is 4.95. The maximum absolute atomic E-state index is 12.4. The van der Waals surface area contributed by atoms with Gasteiger partial charge < -0.3 is 14.8 Å². The number of carboxylic acids is 1. The third-order valence-electron chi connectivity index (χ3n) is 6.19. The minimum Gasteiger partial charge on any atom is -0.489 e. The molecule has 170 valence electrons. The summed E-state index contributed by atoms with van der Waals surface area (Å²) in [5.41, 5.74) is 2.80. The van der Waals surface area contributed by atoms with E-state index in [2.05, 4.69) is 32.3 Å². The van der Waals surface area contributed by atoms with Gasteiger partial charge in [-0.15, -0.1) is 11.3 Å². The maximum atomic E-state index is 12.4. The van der Waals surface area contributed by atoms with E-state index in [0.717, 1.165) is 60.5 Å². The Bertz CT molecular complexity index is 1200. The molecule has 0 spiro atoms. The van der Waals surface area contributed by atoms with Crippen LogP contribution in [0.15, 0.2) is 72.2 Å². The Morgan fingerprint density at radius 2 is 1.88 bits per heavy atom. The Morgan fingerprint density at radius 3 is 2.61 bits per heavy atom. The van der Waals surface area contributed by atoms with Crippen LogP contribution in [0.2, 0.25) is 0 Å². The molecule has 1 atom stereocenters. The van der Waals surface area contributed by atoms with Gasteiger partial charge in [-0.2, -0.15) is 0 Å². The first-order valence-corrected chi connectivity index (χ1v) is 12.0. The predicted octanol–water partition coefficient (Wildman–Crippen LogP) is 4.75. The van der Waals surface area contributed by atoms with Gasteiger partial charge in [0.15, 0.2) is 0 Å². The molecule has 2 aromatic heterocycles. The topological polar surface area (TPSA) is 68.8 Å². The first kappa shape index (κ1) is 21.7. The molecule has 33 heavy (non-hydrogen) atoms. The molecule has 0 bridgehead atoms. The van der Waals surface area contributed by atoms with E-state index in [1.165, 1.54) is 4.88 Å². The molecule has 1 fully saturated rings. The van der Waals surface area contributed by atoms with E-state index in [9.17, 15) is 9.90 Å². The van der Waals surface area contributed by atoms with Crippen molar-refractivity contribution in [3.63, 3.8) is 0 Å². The maximum Gasteiger partial charge on any atom is 0.325 e. The van der Waals surface area contributed by atoms with Gasteiger partial charge in [-0.25, -0.2) is 0 Å². The Balaban J connectivity index is 1.32. The van der Waals surface area contributed by atoms with E-state index in [4.69, 9.17) is 4.74 Å². The van der Waals surface area contributed by atoms with E-state index in [1.807, 2.05) is 54.7 Å². The van der Waals surface area contributed by atoms with E-state index in [1.54, 1.807) is 11.3 Å². The lowest BCUT2D eigenvalue weighted by molar-refractivity contribution is -0.144. The summed E-state index contributed by atoms with van der Waals surface area (Å²) in [5, 5.41) is 13.1. The van der Waals surface area contributed by atoms with Crippen LogP contribution >= 0.6 is 11.3 Å². The predicted molar refractivity (Wildman–Crippen MR) is 131 cm³/mol. The molecule has 4 aromatic rings. The number of carboxylic acid groups (broad SMARTS) is 1. The number of aromatic amines is 1. The number of hydrogen-bond donors (Lipinski definition) is 2. The highest BCUT2D eigenvalue weighted by molar-refractivity contribution is 7.09. The SMILES string of the molecule is O=C(O)C(c1c[nH]c2ccc(OCc3ccccc3)cc12)N1CCN(Cc2cccs2)CC1. The number of ether oxygens (including phenoxy) is 1. The zero-order valence-corrected chi connectivity index (χ0v) is 19.1. The van der Waals surface area contributed by atoms with Crippen LogP contribution in [0.3, 0.4) is 0 Å². The van der Waals surface area contributed by atoms with Gasteiger partial charge >= 0.3 is 5.97 Å². The van der Waals surface area contributed by atoms with Crippen LogP contribution in [0.1, 0.15) is 22.0 Å². The highest BCUT2D eigenvalue weighted by atomic mass is 32.1. The molecule has 0 amide bonds. The molecule has 1 saturated heterocycles. The Hall–Kier alpha value is -3.13. The number of nitrogens with one attached hydrogen (secondary N) is 1. The van der Waals surface area contributed by atoms with Crippen LogP contribution in [0, 0.1) is 0 Å². The molecule has 1 unspecified atom stereocenters. The molecule has 0 radical (unpaired) electrons. The van der Waals surface area contributed by atoms with E-state index in [0.29, 0.717) is 6.61 Å². The summed E-state index contributed by atoms with van der Waals surface area (Å²) in [6.45, 7) is 4.56. The average Bonchev–Trinajstić information content (AvgIpc) is 3.50. The Kier molecular flexibility index (Phi) is 6.44. The van der Waals surface area contributed by atoms with Crippen molar-refractivity contribution in [1.29, 1.82) is 0 Å². The summed E-state index contributed by atoms with van der Waals surface area (Å²) in [5.74, 6) is -0.0877. The zero-order valence-electron chi connectivity index (χ0n) is 18.3. The fourth-order valence-corrected chi connectivity index (χ4v) is 5.21. The number of benzene rings is 2. The van der Waals surface area contributed by atoms with Gasteiger partial charge in [0.2, 0.25) is 0 Å². The number of aromatic nitrogens is 1. The molecular weight excluding hydrogens is 434 g/mol. The van der Waals surface area contributed by atoms with Crippen molar-refractivity contribution in [3.05, 3.63) is 88.2 Å². The lowest BCUT2D eigenvalue weighted by atomic mass is 10.0. The van der Waals surface area contributed by atoms with Crippen molar-refractivity contribution in [2.75, 3.05) is 26.2 Å². The molecule has 1 aliphatic rings. The standard InChI is InChI=1S/C26H27N3O3S/c30-26(31)25(29-12-10-28(11-13-29)17-21-7-4-14-33-21)23-16-27-24-9-8-20(15-22(23)24)32-18-19-5-2-1-3-6-19/h1-9,14-16,25,27H,10-13,17-18H2,(H,30,31). The zero-order chi connectivity index (χ0) is 22.6. The summed E-state index contributed by atoms with van der Waals surface area (Å²) in [4.78, 5) is 21.4. The summed E-state index contributed by atoms with van der Waals surface area (Å²) in [6.07, 6.45) is 1.84. The molecule has 0 aliphatic carbocycles. The number of hydrogen-bond acceptors (Lipinski definition) is 5. The molecule has 6 nitrogen and oxygen atoms in total. The van der Waals surface area contributed by atoms with Crippen molar-refractivity contribution in [3.8, 4) is 5.75 Å². The monoisotopic (exact) mass is 461 g/mol. The molecule has 1 aliphatic heterocycles. The second kappa shape index (κ2) is 9.79. The molecule has 5 rings (SSSR count). The second-order valence-electron chi connectivity index (χ2n) is 8.36. The number of piperazine rings is 1. The normalized spacial score (nSPS) is 16.1. The summed E-state index contributed by atoms with van der Waals surface area (Å²) in [7, 11) is 0. The van der Waals surface area contributed by atoms with Crippen molar-refractivity contribution >= 4 is 28.2 Å². The van der Waals surface area contributed by atoms with Gasteiger partial charge in [-0.05, 0) is 35.2 Å². The summed E-state index contributed by atoms with van der Waals surface area (Å²) < 4.78 is 5.99. The van der Waals surface area contributed by atoms with Crippen LogP contribution in [-0.4, -0.2) is 52.0 Å². The van der Waals surface area contributed by atoms with Crippen molar-refractivity contribution < 1.29 is 14.6 Å². The average molecular weight is 462 g/mol. The minimum atomic E-state index is -0.821. The first-order valence-electron chi connectivity index (χ1n) is 11.2. The smallest absolute Gasteiger partial charge is 0.325 e. The van der Waals surface area contributed by atoms with Crippen molar-refractivity contribution in [2.24, 2.45) is 0 Å². The number of thiophene rings is 1. The molecular formula is C26H27N3O3S. The third-order valence-corrected chi connectivity index (χ3v) is 7.05. The molecule has 2 aromatic carbocycles. The lowest BCUT2D eigenvalue weighted by Gasteiger charge is -2.37. The van der Waals surface area contributed by atoms with Gasteiger partial charge in [0.25, 0.3) is 0 Å². The van der Waals surface area contributed by atoms with Gasteiger partial charge in [0.05, 0.1) is 0 Å². The fourth-order valence-electron chi connectivity index (χ4n) is 4.47. The van der Waals surface area contributed by atoms with Crippen LogP contribution < -0.4 is 4.74 Å². The van der Waals surface area contributed by atoms with Crippen LogP contribution in [0.4, 0.5) is 0 Å². The van der Waals surface area contributed by atoms with Crippen LogP contribution in [0.5, 0.6) is 5.75 Å². The van der Waals surface area contributed by atoms with Crippen molar-refractivity contribution in [1.82, 2.24) is 14.8 Å². The first-order chi connectivity index (χ1) is 16.2. The molecule has 2 N–H and O–H groups in total. The summed E-state index contributed by atoms with van der Waals surface area (Å²) in [6, 6.07) is 19.4. The second-order valence-corrected chi connectivity index (χ2v) is 9.39. The van der Waals surface area contributed by atoms with Gasteiger partial charge in [0, 0.05) is 60.3 Å². The number of carbonyl (C=O) groups is 1. The van der Waals surface area contributed by atoms with Gasteiger partial charge in [-0.3, -0.25) is 14.6 Å². The molecule has 0 saturated carbocycles. The van der Waals surface area contributed by atoms with Gasteiger partial charge in [0.1, 0.15) is 18.4 Å². The highest BCUT2D eigenvalue weighted by Crippen LogP contribution is 2.32. The Labute approximate surface area is 197 Å². The van der Waals surface area contributed by atoms with Gasteiger partial charge in [-0.1, -0.05) is 36.4 Å². The van der Waals surface area contributed by atoms with E-state index in [-0.39, 0.29) is 0 Å².